The van der Waals surface area contributed by atoms with Crippen molar-refractivity contribution >= 4 is 48.8 Å². The Kier molecular flexibility index (Phi) is 2.24. The molecule has 5 aromatic rings. The van der Waals surface area contributed by atoms with E-state index in [2.05, 4.69) is 24.3 Å². The van der Waals surface area contributed by atoms with Gasteiger partial charge in [-0.25, -0.2) is 0 Å². The van der Waals surface area contributed by atoms with Crippen LogP contribution in [0.5, 0.6) is 0 Å². The highest BCUT2D eigenvalue weighted by molar-refractivity contribution is 6.34. The number of fused-ring (bicyclic) bond motifs is 2. The molecular formula is C20H11NO2. The van der Waals surface area contributed by atoms with Crippen molar-refractivity contribution in [3.63, 3.8) is 0 Å². The molecule has 108 valence electrons. The van der Waals surface area contributed by atoms with E-state index >= 15 is 0 Å². The van der Waals surface area contributed by atoms with Crippen molar-refractivity contribution in [3.8, 4) is 0 Å². The van der Waals surface area contributed by atoms with Crippen molar-refractivity contribution in [2.24, 2.45) is 0 Å². The maximum Gasteiger partial charge on any atom is 0.277 e. The number of nitrogens with zero attached hydrogens (tertiary/aromatic N) is 1. The number of hydrogen-bond acceptors (Lipinski definition) is 2. The van der Waals surface area contributed by atoms with Crippen LogP contribution in [0, 0.1) is 10.1 Å². The molecule has 0 saturated heterocycles. The Bertz CT molecular complexity index is 1240. The summed E-state index contributed by atoms with van der Waals surface area (Å²) in [7, 11) is 0. The van der Waals surface area contributed by atoms with Gasteiger partial charge >= 0.3 is 0 Å². The van der Waals surface area contributed by atoms with Gasteiger partial charge in [0, 0.05) is 11.5 Å². The molecule has 0 fully saturated rings. The quantitative estimate of drug-likeness (QED) is 0.174. The lowest BCUT2D eigenvalue weighted by atomic mass is 9.89. The summed E-state index contributed by atoms with van der Waals surface area (Å²) in [6.07, 6.45) is 0. The summed E-state index contributed by atoms with van der Waals surface area (Å²) < 4.78 is 0. The highest BCUT2D eigenvalue weighted by Crippen LogP contribution is 2.43. The zero-order valence-corrected chi connectivity index (χ0v) is 12.1. The summed E-state index contributed by atoms with van der Waals surface area (Å²) in [5.41, 5.74) is 0.173. The van der Waals surface area contributed by atoms with Crippen molar-refractivity contribution in [3.05, 3.63) is 76.8 Å². The minimum absolute atomic E-state index is 0.173. The molecule has 0 bridgehead atoms. The monoisotopic (exact) mass is 297 g/mol. The fourth-order valence-electron chi connectivity index (χ4n) is 3.79. The van der Waals surface area contributed by atoms with Crippen LogP contribution < -0.4 is 0 Å². The van der Waals surface area contributed by atoms with Crippen LogP contribution in [0.15, 0.2) is 66.7 Å². The number of hydrogen-bond donors (Lipinski definition) is 0. The predicted octanol–water partition coefficient (Wildman–Crippen LogP) is 5.65. The van der Waals surface area contributed by atoms with Gasteiger partial charge in [0.25, 0.3) is 5.69 Å². The Balaban J connectivity index is 2.28. The summed E-state index contributed by atoms with van der Waals surface area (Å²) in [4.78, 5) is 11.3. The zero-order valence-electron chi connectivity index (χ0n) is 12.1. The fourth-order valence-corrected chi connectivity index (χ4v) is 3.79. The van der Waals surface area contributed by atoms with Gasteiger partial charge in [0.2, 0.25) is 0 Å². The van der Waals surface area contributed by atoms with Crippen LogP contribution in [-0.2, 0) is 0 Å². The van der Waals surface area contributed by atoms with E-state index in [4.69, 9.17) is 0 Å². The molecule has 3 heteroatoms. The van der Waals surface area contributed by atoms with Gasteiger partial charge in [0.05, 0.1) is 10.3 Å². The Labute approximate surface area is 131 Å². The molecule has 0 aliphatic carbocycles. The number of rotatable bonds is 1. The molecule has 0 aliphatic rings. The van der Waals surface area contributed by atoms with E-state index in [0.717, 1.165) is 43.1 Å². The first kappa shape index (κ1) is 12.4. The predicted molar refractivity (Wildman–Crippen MR) is 94.3 cm³/mol. The molecule has 0 unspecified atom stereocenters. The van der Waals surface area contributed by atoms with Crippen LogP contribution in [0.3, 0.4) is 0 Å². The number of benzene rings is 5. The SMILES string of the molecule is O=[N+]([O-])c1ccc2cccc3c4cccc5cccc(c1c23)c54. The standard InChI is InChI=1S/C20H11NO2/c22-21(23)17-11-10-13-6-2-8-15-14-7-1-4-12-5-3-9-16(18(12)14)20(17)19(13)15/h1-11H. The van der Waals surface area contributed by atoms with Crippen LogP contribution in [0.25, 0.3) is 43.1 Å². The van der Waals surface area contributed by atoms with Gasteiger partial charge in [0.1, 0.15) is 0 Å². The first-order valence-corrected chi connectivity index (χ1v) is 7.48. The van der Waals surface area contributed by atoms with Gasteiger partial charge in [-0.05, 0) is 38.4 Å². The summed E-state index contributed by atoms with van der Waals surface area (Å²) >= 11 is 0. The molecule has 0 heterocycles. The zero-order chi connectivity index (χ0) is 15.6. The Hall–Kier alpha value is -3.20. The molecule has 5 rings (SSSR count). The molecule has 0 saturated carbocycles. The maximum atomic E-state index is 11.6. The first-order chi connectivity index (χ1) is 11.3. The minimum Gasteiger partial charge on any atom is -0.258 e. The molecule has 0 amide bonds. The first-order valence-electron chi connectivity index (χ1n) is 7.48. The lowest BCUT2D eigenvalue weighted by Crippen LogP contribution is -1.93. The highest BCUT2D eigenvalue weighted by Gasteiger charge is 2.20. The second-order valence-electron chi connectivity index (χ2n) is 5.83. The number of non-ortho nitro benzene ring substituents is 1. The smallest absolute Gasteiger partial charge is 0.258 e. The Morgan fingerprint density at radius 3 is 1.83 bits per heavy atom. The van der Waals surface area contributed by atoms with Crippen molar-refractivity contribution in [1.29, 1.82) is 0 Å². The van der Waals surface area contributed by atoms with E-state index in [1.807, 2.05) is 36.4 Å². The summed E-state index contributed by atoms with van der Waals surface area (Å²) in [6.45, 7) is 0. The third-order valence-electron chi connectivity index (χ3n) is 4.68. The van der Waals surface area contributed by atoms with E-state index in [9.17, 15) is 10.1 Å². The van der Waals surface area contributed by atoms with Crippen LogP contribution >= 0.6 is 0 Å². The van der Waals surface area contributed by atoms with Crippen molar-refractivity contribution in [2.45, 2.75) is 0 Å². The molecule has 5 aromatic carbocycles. The van der Waals surface area contributed by atoms with Gasteiger partial charge in [-0.15, -0.1) is 0 Å². The second kappa shape index (κ2) is 4.17. The molecule has 0 atom stereocenters. The van der Waals surface area contributed by atoms with Crippen molar-refractivity contribution in [2.75, 3.05) is 0 Å². The van der Waals surface area contributed by atoms with E-state index in [0.29, 0.717) is 0 Å². The lowest BCUT2D eigenvalue weighted by molar-refractivity contribution is -0.383. The summed E-state index contributed by atoms with van der Waals surface area (Å²) in [5.74, 6) is 0. The van der Waals surface area contributed by atoms with Gasteiger partial charge < -0.3 is 0 Å². The van der Waals surface area contributed by atoms with Crippen LogP contribution in [0.4, 0.5) is 5.69 Å². The number of nitro benzene ring substituents is 1. The molecule has 0 aromatic heterocycles. The largest absolute Gasteiger partial charge is 0.277 e. The van der Waals surface area contributed by atoms with E-state index in [-0.39, 0.29) is 10.6 Å². The minimum atomic E-state index is -0.279. The highest BCUT2D eigenvalue weighted by atomic mass is 16.6. The van der Waals surface area contributed by atoms with Crippen LogP contribution in [0.1, 0.15) is 0 Å². The average molecular weight is 297 g/mol. The third kappa shape index (κ3) is 1.48. The molecule has 3 nitrogen and oxygen atoms in total. The fraction of sp³-hybridized carbons (Fsp3) is 0. The van der Waals surface area contributed by atoms with Gasteiger partial charge in [-0.3, -0.25) is 10.1 Å². The van der Waals surface area contributed by atoms with Gasteiger partial charge in [-0.1, -0.05) is 54.6 Å². The third-order valence-corrected chi connectivity index (χ3v) is 4.68. The summed E-state index contributed by atoms with van der Waals surface area (Å²) in [6, 6.07) is 21.8. The normalized spacial score (nSPS) is 11.8. The van der Waals surface area contributed by atoms with E-state index in [1.165, 1.54) is 0 Å². The molecule has 0 spiro atoms. The molecule has 23 heavy (non-hydrogen) atoms. The number of nitro groups is 1. The molecule has 0 N–H and O–H groups in total. The Morgan fingerprint density at radius 1 is 0.609 bits per heavy atom. The molecular weight excluding hydrogens is 286 g/mol. The average Bonchev–Trinajstić information content (AvgIpc) is 2.58. The van der Waals surface area contributed by atoms with Crippen molar-refractivity contribution in [1.82, 2.24) is 0 Å². The molecule has 0 radical (unpaired) electrons. The van der Waals surface area contributed by atoms with Gasteiger partial charge in [0.15, 0.2) is 0 Å². The van der Waals surface area contributed by atoms with Gasteiger partial charge in [-0.2, -0.15) is 0 Å². The van der Waals surface area contributed by atoms with Crippen molar-refractivity contribution < 1.29 is 4.92 Å². The second-order valence-corrected chi connectivity index (χ2v) is 5.83. The van der Waals surface area contributed by atoms with Crippen LogP contribution in [-0.4, -0.2) is 4.92 Å². The van der Waals surface area contributed by atoms with E-state index in [1.54, 1.807) is 6.07 Å². The summed E-state index contributed by atoms with van der Waals surface area (Å²) in [5, 5.41) is 19.7. The Morgan fingerprint density at radius 2 is 1.17 bits per heavy atom. The topological polar surface area (TPSA) is 43.1 Å². The lowest BCUT2D eigenvalue weighted by Gasteiger charge is -2.14. The molecule has 0 aliphatic heterocycles. The van der Waals surface area contributed by atoms with Crippen LogP contribution in [0.2, 0.25) is 0 Å². The maximum absolute atomic E-state index is 11.6. The van der Waals surface area contributed by atoms with E-state index < -0.39 is 0 Å².